The number of rotatable bonds is 2. The molecule has 1 fully saturated rings. The second-order valence-corrected chi connectivity index (χ2v) is 6.06. The number of hydrogen-bond acceptors (Lipinski definition) is 1. The van der Waals surface area contributed by atoms with E-state index in [2.05, 4.69) is 15.9 Å². The van der Waals surface area contributed by atoms with E-state index in [0.29, 0.717) is 10.0 Å². The lowest BCUT2D eigenvalue weighted by molar-refractivity contribution is 0.0555. The molecule has 94 valence electrons. The molecule has 1 aromatic carbocycles. The Labute approximate surface area is 120 Å². The maximum atomic E-state index is 10.3. The van der Waals surface area contributed by atoms with Gasteiger partial charge in [-0.2, -0.15) is 0 Å². The van der Waals surface area contributed by atoms with Gasteiger partial charge in [0, 0.05) is 10.7 Å². The van der Waals surface area contributed by atoms with Crippen LogP contribution in [0.4, 0.5) is 0 Å². The van der Waals surface area contributed by atoms with E-state index in [0.717, 1.165) is 36.6 Å². The summed E-state index contributed by atoms with van der Waals surface area (Å²) in [4.78, 5) is 0. The van der Waals surface area contributed by atoms with Gasteiger partial charge in [0.15, 0.2) is 0 Å². The van der Waals surface area contributed by atoms with Gasteiger partial charge < -0.3 is 5.11 Å². The summed E-state index contributed by atoms with van der Waals surface area (Å²) < 4.78 is 0. The molecular weight excluding hydrogens is 323 g/mol. The van der Waals surface area contributed by atoms with Gasteiger partial charge >= 0.3 is 0 Å². The number of hydrogen-bond donors (Lipinski definition) is 1. The van der Waals surface area contributed by atoms with Crippen molar-refractivity contribution in [1.82, 2.24) is 0 Å². The van der Waals surface area contributed by atoms with Crippen molar-refractivity contribution in [3.63, 3.8) is 0 Å². The van der Waals surface area contributed by atoms with Crippen molar-refractivity contribution in [2.24, 2.45) is 0 Å². The molecule has 1 nitrogen and oxygen atoms in total. The van der Waals surface area contributed by atoms with Gasteiger partial charge in [0.05, 0.1) is 16.1 Å². The zero-order chi connectivity index (χ0) is 12.5. The highest BCUT2D eigenvalue weighted by atomic mass is 79.9. The first kappa shape index (κ1) is 13.7. The van der Waals surface area contributed by atoms with Gasteiger partial charge in [-0.1, -0.05) is 58.0 Å². The third kappa shape index (κ3) is 2.51. The maximum Gasteiger partial charge on any atom is 0.0644 e. The molecule has 1 aromatic rings. The van der Waals surface area contributed by atoms with Crippen LogP contribution >= 0.6 is 39.1 Å². The molecule has 0 aromatic heterocycles. The van der Waals surface area contributed by atoms with Crippen molar-refractivity contribution in [3.8, 4) is 0 Å². The molecule has 0 saturated heterocycles. The molecule has 2 rings (SSSR count). The van der Waals surface area contributed by atoms with Crippen molar-refractivity contribution < 1.29 is 5.11 Å². The Morgan fingerprint density at radius 3 is 2.65 bits per heavy atom. The van der Waals surface area contributed by atoms with Crippen LogP contribution in [0.3, 0.4) is 0 Å². The van der Waals surface area contributed by atoms with Crippen molar-refractivity contribution in [2.45, 2.75) is 37.2 Å². The zero-order valence-corrected chi connectivity index (χ0v) is 12.5. The largest absolute Gasteiger partial charge is 0.392 e. The third-order valence-electron chi connectivity index (χ3n) is 3.72. The summed E-state index contributed by atoms with van der Waals surface area (Å²) in [5.41, 5.74) is 0.864. The lowest BCUT2D eigenvalue weighted by atomic mass is 9.69. The monoisotopic (exact) mass is 336 g/mol. The molecule has 4 heteroatoms. The Bertz CT molecular complexity index is 410. The average molecular weight is 338 g/mol. The molecule has 2 atom stereocenters. The fourth-order valence-electron chi connectivity index (χ4n) is 2.60. The summed E-state index contributed by atoms with van der Waals surface area (Å²) >= 11 is 15.6. The highest BCUT2D eigenvalue weighted by Crippen LogP contribution is 2.42. The molecule has 0 amide bonds. The highest BCUT2D eigenvalue weighted by Gasteiger charge is 2.40. The lowest BCUT2D eigenvalue weighted by Gasteiger charge is -2.41. The molecule has 1 N–H and O–H groups in total. The van der Waals surface area contributed by atoms with E-state index in [9.17, 15) is 5.11 Å². The molecule has 1 aliphatic rings. The van der Waals surface area contributed by atoms with Crippen LogP contribution in [0, 0.1) is 0 Å². The van der Waals surface area contributed by atoms with Gasteiger partial charge in [0.2, 0.25) is 0 Å². The first-order valence-corrected chi connectivity index (χ1v) is 7.67. The minimum absolute atomic E-state index is 0.216. The first-order valence-electron chi connectivity index (χ1n) is 5.80. The topological polar surface area (TPSA) is 20.2 Å². The highest BCUT2D eigenvalue weighted by molar-refractivity contribution is 9.09. The Morgan fingerprint density at radius 2 is 2.06 bits per heavy atom. The third-order valence-corrected chi connectivity index (χ3v) is 5.46. The molecule has 0 heterocycles. The summed E-state index contributed by atoms with van der Waals surface area (Å²) in [6.45, 7) is 0. The molecule has 1 saturated carbocycles. The molecule has 0 radical (unpaired) electrons. The van der Waals surface area contributed by atoms with E-state index in [1.54, 1.807) is 0 Å². The van der Waals surface area contributed by atoms with Crippen LogP contribution < -0.4 is 0 Å². The predicted octanol–water partition coefficient (Wildman–Crippen LogP) is 4.56. The number of halogens is 3. The Kier molecular flexibility index (Phi) is 4.40. The van der Waals surface area contributed by atoms with E-state index in [1.807, 2.05) is 18.2 Å². The van der Waals surface area contributed by atoms with E-state index < -0.39 is 0 Å². The van der Waals surface area contributed by atoms with Crippen LogP contribution in [0.5, 0.6) is 0 Å². The van der Waals surface area contributed by atoms with E-state index in [-0.39, 0.29) is 11.5 Å². The van der Waals surface area contributed by atoms with E-state index >= 15 is 0 Å². The summed E-state index contributed by atoms with van der Waals surface area (Å²) in [6.07, 6.45) is 3.76. The molecule has 0 aliphatic heterocycles. The molecular formula is C13H15BrCl2O. The first-order chi connectivity index (χ1) is 8.10. The average Bonchev–Trinajstić information content (AvgIpc) is 2.34. The molecule has 0 bridgehead atoms. The fourth-order valence-corrected chi connectivity index (χ4v) is 3.87. The standard InChI is InChI=1S/C13H15BrCl2O/c14-8-13(6-2-1-3-12(13)17)9-4-5-10(15)11(16)7-9/h4-5,7,12,17H,1-3,6,8H2. The van der Waals surface area contributed by atoms with Gasteiger partial charge in [-0.25, -0.2) is 0 Å². The minimum Gasteiger partial charge on any atom is -0.392 e. The molecule has 2 unspecified atom stereocenters. The SMILES string of the molecule is OC1CCCCC1(CBr)c1ccc(Cl)c(Cl)c1. The number of aliphatic hydroxyl groups excluding tert-OH is 1. The van der Waals surface area contributed by atoms with Crippen LogP contribution in [-0.4, -0.2) is 16.5 Å². The van der Waals surface area contributed by atoms with Crippen LogP contribution in [0.15, 0.2) is 18.2 Å². The minimum atomic E-state index is -0.312. The van der Waals surface area contributed by atoms with Gasteiger partial charge in [-0.15, -0.1) is 0 Å². The summed E-state index contributed by atoms with van der Waals surface area (Å²) in [5, 5.41) is 12.2. The van der Waals surface area contributed by atoms with Gasteiger partial charge in [0.1, 0.15) is 0 Å². The number of benzene rings is 1. The van der Waals surface area contributed by atoms with Gasteiger partial charge in [-0.3, -0.25) is 0 Å². The summed E-state index contributed by atoms with van der Waals surface area (Å²) in [7, 11) is 0. The number of alkyl halides is 1. The quantitative estimate of drug-likeness (QED) is 0.784. The van der Waals surface area contributed by atoms with Crippen LogP contribution in [0.1, 0.15) is 31.2 Å². The lowest BCUT2D eigenvalue weighted by Crippen LogP contribution is -2.43. The van der Waals surface area contributed by atoms with Gasteiger partial charge in [-0.05, 0) is 30.5 Å². The normalized spacial score (nSPS) is 29.3. The van der Waals surface area contributed by atoms with Crippen LogP contribution in [0.25, 0.3) is 0 Å². The maximum absolute atomic E-state index is 10.3. The Hall–Kier alpha value is 0.240. The van der Waals surface area contributed by atoms with Crippen LogP contribution in [-0.2, 0) is 5.41 Å². The Morgan fingerprint density at radius 1 is 1.29 bits per heavy atom. The van der Waals surface area contributed by atoms with Crippen molar-refractivity contribution >= 4 is 39.1 Å². The van der Waals surface area contributed by atoms with Crippen LogP contribution in [0.2, 0.25) is 10.0 Å². The summed E-state index contributed by atoms with van der Waals surface area (Å²) in [6, 6.07) is 5.68. The van der Waals surface area contributed by atoms with Crippen molar-refractivity contribution in [1.29, 1.82) is 0 Å². The van der Waals surface area contributed by atoms with Crippen molar-refractivity contribution in [3.05, 3.63) is 33.8 Å². The molecule has 17 heavy (non-hydrogen) atoms. The molecule has 1 aliphatic carbocycles. The fraction of sp³-hybridized carbons (Fsp3) is 0.538. The van der Waals surface area contributed by atoms with Gasteiger partial charge in [0.25, 0.3) is 0 Å². The predicted molar refractivity (Wildman–Crippen MR) is 76.4 cm³/mol. The smallest absolute Gasteiger partial charge is 0.0644 e. The number of aliphatic hydroxyl groups is 1. The van der Waals surface area contributed by atoms with Crippen molar-refractivity contribution in [2.75, 3.05) is 5.33 Å². The molecule has 0 spiro atoms. The second kappa shape index (κ2) is 5.48. The second-order valence-electron chi connectivity index (χ2n) is 4.68. The summed E-state index contributed by atoms with van der Waals surface area (Å²) in [5.74, 6) is 0. The van der Waals surface area contributed by atoms with E-state index in [1.165, 1.54) is 0 Å². The Balaban J connectivity index is 2.42. The van der Waals surface area contributed by atoms with E-state index in [4.69, 9.17) is 23.2 Å². The zero-order valence-electron chi connectivity index (χ0n) is 9.43.